The molecule has 196 valence electrons. The third-order valence-corrected chi connectivity index (χ3v) is 8.14. The molecule has 1 aliphatic heterocycles. The molecule has 5 atom stereocenters. The van der Waals surface area contributed by atoms with Crippen molar-refractivity contribution in [3.63, 3.8) is 0 Å². The third-order valence-electron chi connectivity index (χ3n) is 7.12. The second-order valence-electron chi connectivity index (χ2n) is 10.4. The molecule has 1 aliphatic rings. The maximum absolute atomic E-state index is 13.2. The number of hydrogen-bond acceptors (Lipinski definition) is 8. The van der Waals surface area contributed by atoms with Crippen LogP contribution >= 0.6 is 11.3 Å². The zero-order valence-corrected chi connectivity index (χ0v) is 22.4. The number of hydrogen-bond donors (Lipinski definition) is 3. The Balaban J connectivity index is 1.95. The largest absolute Gasteiger partial charge is 0.457 e. The van der Waals surface area contributed by atoms with E-state index >= 15 is 0 Å². The van der Waals surface area contributed by atoms with Gasteiger partial charge >= 0.3 is 5.97 Å². The Kier molecular flexibility index (Phi) is 9.22. The SMILES string of the molecule is CC1=C/C[C@@H](c2ccc3sc(CO)nc3c2)OC(=O)C[C@H](O)C(C)(C)C(=O)[C@H](C)[C@@H](O)[C@@H](C)C\C=C\1. The van der Waals surface area contributed by atoms with E-state index in [1.165, 1.54) is 11.3 Å². The number of ether oxygens (including phenoxy) is 1. The molecule has 8 heteroatoms. The summed E-state index contributed by atoms with van der Waals surface area (Å²) in [5, 5.41) is 31.7. The van der Waals surface area contributed by atoms with E-state index in [4.69, 9.17) is 4.74 Å². The highest BCUT2D eigenvalue weighted by atomic mass is 32.1. The molecule has 7 nitrogen and oxygen atoms in total. The number of esters is 1. The Labute approximate surface area is 216 Å². The van der Waals surface area contributed by atoms with Crippen molar-refractivity contribution in [3.05, 3.63) is 52.6 Å². The molecular weight excluding hydrogens is 478 g/mol. The number of aromatic nitrogens is 1. The third kappa shape index (κ3) is 6.48. The topological polar surface area (TPSA) is 117 Å². The number of ketones is 1. The van der Waals surface area contributed by atoms with Gasteiger partial charge in [-0.25, -0.2) is 4.98 Å². The van der Waals surface area contributed by atoms with Gasteiger partial charge in [0.25, 0.3) is 0 Å². The van der Waals surface area contributed by atoms with Crippen molar-refractivity contribution in [2.75, 3.05) is 0 Å². The molecule has 0 radical (unpaired) electrons. The Hall–Kier alpha value is -2.39. The van der Waals surface area contributed by atoms with Crippen molar-refractivity contribution in [1.29, 1.82) is 0 Å². The standard InChI is InChI=1S/C28H37NO6S/c1-16-7-6-8-17(2)26(33)18(3)27(34)28(4,5)23(31)14-25(32)35-21(11-9-16)19-10-12-22-20(13-19)29-24(15-30)36-22/h6-7,9-10,12-13,17-18,21,23,26,30-31,33H,8,11,14-15H2,1-5H3/b7-6+,16-9-/t17-,18+,21-,23-,26-/m0/s1. The highest BCUT2D eigenvalue weighted by molar-refractivity contribution is 7.18. The Morgan fingerprint density at radius 2 is 1.89 bits per heavy atom. The molecule has 2 aromatic rings. The van der Waals surface area contributed by atoms with Crippen LogP contribution < -0.4 is 0 Å². The minimum Gasteiger partial charge on any atom is -0.457 e. The number of aliphatic hydroxyl groups excluding tert-OH is 3. The summed E-state index contributed by atoms with van der Waals surface area (Å²) in [5.41, 5.74) is 1.22. The van der Waals surface area contributed by atoms with Crippen LogP contribution in [-0.2, 0) is 20.9 Å². The molecule has 36 heavy (non-hydrogen) atoms. The number of carbonyl (C=O) groups excluding carboxylic acids is 2. The minimum atomic E-state index is -1.26. The number of rotatable bonds is 2. The summed E-state index contributed by atoms with van der Waals surface area (Å²) >= 11 is 1.41. The monoisotopic (exact) mass is 515 g/mol. The van der Waals surface area contributed by atoms with Gasteiger partial charge in [-0.15, -0.1) is 11.3 Å². The number of Topliss-reactive ketones (excluding diaryl/α,β-unsaturated/α-hetero) is 1. The lowest BCUT2D eigenvalue weighted by molar-refractivity contribution is -0.155. The molecule has 1 aromatic carbocycles. The normalized spacial score (nSPS) is 31.0. The second-order valence-corrected chi connectivity index (χ2v) is 11.5. The van der Waals surface area contributed by atoms with Gasteiger partial charge in [0.2, 0.25) is 0 Å². The number of cyclic esters (lactones) is 1. The molecular formula is C28H37NO6S. The molecule has 1 aromatic heterocycles. The molecule has 0 spiro atoms. The molecule has 3 N–H and O–H groups in total. The molecule has 0 bridgehead atoms. The molecule has 0 saturated heterocycles. The number of fused-ring (bicyclic) bond motifs is 1. The first-order valence-electron chi connectivity index (χ1n) is 12.4. The molecule has 0 unspecified atom stereocenters. The molecule has 0 fully saturated rings. The van der Waals surface area contributed by atoms with Crippen LogP contribution in [0.3, 0.4) is 0 Å². The predicted molar refractivity (Wildman–Crippen MR) is 140 cm³/mol. The van der Waals surface area contributed by atoms with Crippen molar-refractivity contribution >= 4 is 33.3 Å². The van der Waals surface area contributed by atoms with Crippen LogP contribution in [0.1, 0.15) is 70.6 Å². The number of aliphatic hydroxyl groups is 3. The predicted octanol–water partition coefficient (Wildman–Crippen LogP) is 4.65. The van der Waals surface area contributed by atoms with E-state index < -0.39 is 35.6 Å². The number of carbonyl (C=O) groups is 2. The van der Waals surface area contributed by atoms with Gasteiger partial charge in [-0.3, -0.25) is 9.59 Å². The van der Waals surface area contributed by atoms with Crippen LogP contribution in [0, 0.1) is 17.3 Å². The zero-order valence-electron chi connectivity index (χ0n) is 21.6. The maximum atomic E-state index is 13.2. The highest BCUT2D eigenvalue weighted by Crippen LogP contribution is 2.33. The van der Waals surface area contributed by atoms with Gasteiger partial charge in [-0.1, -0.05) is 57.6 Å². The lowest BCUT2D eigenvalue weighted by Crippen LogP contribution is -2.45. The molecule has 3 rings (SSSR count). The van der Waals surface area contributed by atoms with Crippen LogP contribution in [0.2, 0.25) is 0 Å². The van der Waals surface area contributed by atoms with E-state index in [1.54, 1.807) is 20.8 Å². The van der Waals surface area contributed by atoms with E-state index in [2.05, 4.69) is 4.98 Å². The summed E-state index contributed by atoms with van der Waals surface area (Å²) in [6.07, 6.45) is 3.85. The summed E-state index contributed by atoms with van der Waals surface area (Å²) in [7, 11) is 0. The average molecular weight is 516 g/mol. The van der Waals surface area contributed by atoms with Gasteiger partial charge in [-0.2, -0.15) is 0 Å². The van der Waals surface area contributed by atoms with Gasteiger partial charge in [0.15, 0.2) is 0 Å². The number of allylic oxidation sites excluding steroid dienone is 3. The van der Waals surface area contributed by atoms with Crippen LogP contribution in [-0.4, -0.2) is 44.3 Å². The van der Waals surface area contributed by atoms with Crippen LogP contribution in [0.15, 0.2) is 42.0 Å². The summed E-state index contributed by atoms with van der Waals surface area (Å²) < 4.78 is 6.76. The second kappa shape index (κ2) is 11.8. The fraction of sp³-hybridized carbons (Fsp3) is 0.536. The van der Waals surface area contributed by atoms with E-state index in [-0.39, 0.29) is 24.7 Å². The van der Waals surface area contributed by atoms with Crippen LogP contribution in [0.25, 0.3) is 10.2 Å². The fourth-order valence-electron chi connectivity index (χ4n) is 4.50. The van der Waals surface area contributed by atoms with E-state index in [1.807, 2.05) is 50.3 Å². The number of nitrogens with zero attached hydrogens (tertiary/aromatic N) is 1. The summed E-state index contributed by atoms with van der Waals surface area (Å²) in [6, 6.07) is 5.63. The van der Waals surface area contributed by atoms with E-state index in [0.717, 1.165) is 21.4 Å². The molecule has 0 amide bonds. The van der Waals surface area contributed by atoms with Gasteiger partial charge in [0.1, 0.15) is 16.9 Å². The van der Waals surface area contributed by atoms with Crippen molar-refractivity contribution in [2.24, 2.45) is 17.3 Å². The van der Waals surface area contributed by atoms with Gasteiger partial charge < -0.3 is 20.1 Å². The molecule has 0 aliphatic carbocycles. The lowest BCUT2D eigenvalue weighted by Gasteiger charge is -2.34. The van der Waals surface area contributed by atoms with Crippen molar-refractivity contribution < 1.29 is 29.6 Å². The zero-order chi connectivity index (χ0) is 26.6. The van der Waals surface area contributed by atoms with Gasteiger partial charge in [-0.05, 0) is 37.0 Å². The smallest absolute Gasteiger partial charge is 0.309 e. The maximum Gasteiger partial charge on any atom is 0.309 e. The average Bonchev–Trinajstić information content (AvgIpc) is 3.26. The molecule has 0 saturated carbocycles. The summed E-state index contributed by atoms with van der Waals surface area (Å²) in [5.74, 6) is -1.75. The molecule has 2 heterocycles. The first-order chi connectivity index (χ1) is 16.9. The van der Waals surface area contributed by atoms with E-state index in [0.29, 0.717) is 17.8 Å². The van der Waals surface area contributed by atoms with Crippen molar-refractivity contribution in [3.8, 4) is 0 Å². The van der Waals surface area contributed by atoms with E-state index in [9.17, 15) is 24.9 Å². The summed E-state index contributed by atoms with van der Waals surface area (Å²) in [4.78, 5) is 30.6. The lowest BCUT2D eigenvalue weighted by atomic mass is 9.73. The highest BCUT2D eigenvalue weighted by Gasteiger charge is 2.42. The quantitative estimate of drug-likeness (QED) is 0.499. The van der Waals surface area contributed by atoms with Crippen molar-refractivity contribution in [2.45, 2.75) is 78.8 Å². The van der Waals surface area contributed by atoms with Gasteiger partial charge in [0.05, 0.1) is 40.9 Å². The Morgan fingerprint density at radius 1 is 1.17 bits per heavy atom. The van der Waals surface area contributed by atoms with Crippen LogP contribution in [0.4, 0.5) is 0 Å². The van der Waals surface area contributed by atoms with Crippen molar-refractivity contribution in [1.82, 2.24) is 4.98 Å². The number of thiazole rings is 1. The van der Waals surface area contributed by atoms with Crippen LogP contribution in [0.5, 0.6) is 0 Å². The summed E-state index contributed by atoms with van der Waals surface area (Å²) in [6.45, 7) is 8.58. The van der Waals surface area contributed by atoms with Gasteiger partial charge in [0, 0.05) is 12.3 Å². The Morgan fingerprint density at radius 3 is 2.58 bits per heavy atom. The first-order valence-corrected chi connectivity index (χ1v) is 13.2. The Bertz CT molecular complexity index is 1150. The number of benzene rings is 1. The fourth-order valence-corrected chi connectivity index (χ4v) is 5.31. The first kappa shape index (κ1) is 28.2. The minimum absolute atomic E-state index is 0.137.